The van der Waals surface area contributed by atoms with E-state index in [9.17, 15) is 14.7 Å². The zero-order valence-electron chi connectivity index (χ0n) is 12.5. The van der Waals surface area contributed by atoms with Gasteiger partial charge in [-0.3, -0.25) is 9.59 Å². The molecule has 0 saturated heterocycles. The largest absolute Gasteiger partial charge is 0.481 e. The monoisotopic (exact) mass is 302 g/mol. The van der Waals surface area contributed by atoms with Crippen molar-refractivity contribution in [2.45, 2.75) is 20.3 Å². The molecule has 1 amide bonds. The number of carboxylic acid groups (broad SMARTS) is 1. The van der Waals surface area contributed by atoms with Crippen LogP contribution in [0.4, 0.5) is 0 Å². The summed E-state index contributed by atoms with van der Waals surface area (Å²) in [6, 6.07) is 7.67. The van der Waals surface area contributed by atoms with Gasteiger partial charge in [0, 0.05) is 6.54 Å². The smallest absolute Gasteiger partial charge is 0.308 e. The molecule has 1 aromatic heterocycles. The van der Waals surface area contributed by atoms with Gasteiger partial charge in [-0.25, -0.2) is 4.98 Å². The van der Waals surface area contributed by atoms with E-state index >= 15 is 0 Å². The van der Waals surface area contributed by atoms with E-state index < -0.39 is 17.8 Å². The normalized spacial score (nSPS) is 11.9. The van der Waals surface area contributed by atoms with Crippen LogP contribution in [0.25, 0.3) is 0 Å². The number of aromatic nitrogens is 1. The lowest BCUT2D eigenvalue weighted by atomic mass is 9.98. The summed E-state index contributed by atoms with van der Waals surface area (Å²) in [5, 5.41) is 11.9. The van der Waals surface area contributed by atoms with Gasteiger partial charge in [0.05, 0.1) is 5.92 Å². The van der Waals surface area contributed by atoms with Crippen LogP contribution in [0.3, 0.4) is 0 Å². The number of benzene rings is 1. The number of rotatable bonds is 6. The first-order valence-corrected chi connectivity index (χ1v) is 6.94. The highest BCUT2D eigenvalue weighted by Gasteiger charge is 2.21. The Balaban J connectivity index is 1.99. The minimum Gasteiger partial charge on any atom is -0.481 e. The van der Waals surface area contributed by atoms with Gasteiger partial charge < -0.3 is 14.8 Å². The summed E-state index contributed by atoms with van der Waals surface area (Å²) in [5.41, 5.74) is 2.18. The van der Waals surface area contributed by atoms with Crippen LogP contribution in [0.1, 0.15) is 27.4 Å². The van der Waals surface area contributed by atoms with Gasteiger partial charge >= 0.3 is 5.97 Å². The maximum Gasteiger partial charge on any atom is 0.308 e. The second-order valence-electron chi connectivity index (χ2n) is 5.20. The van der Waals surface area contributed by atoms with Crippen molar-refractivity contribution in [3.05, 3.63) is 53.2 Å². The number of aliphatic carboxylic acids is 1. The van der Waals surface area contributed by atoms with Gasteiger partial charge in [0.25, 0.3) is 5.91 Å². The van der Waals surface area contributed by atoms with E-state index in [2.05, 4.69) is 10.3 Å². The Kier molecular flexibility index (Phi) is 4.93. The molecule has 6 nitrogen and oxygen atoms in total. The number of carbonyl (C=O) groups excluding carboxylic acids is 1. The zero-order valence-corrected chi connectivity index (χ0v) is 12.5. The first-order valence-electron chi connectivity index (χ1n) is 6.94. The van der Waals surface area contributed by atoms with Crippen LogP contribution < -0.4 is 5.32 Å². The molecule has 0 aliphatic rings. The third-order valence-electron chi connectivity index (χ3n) is 3.38. The molecular weight excluding hydrogens is 284 g/mol. The van der Waals surface area contributed by atoms with Gasteiger partial charge in [-0.15, -0.1) is 0 Å². The van der Waals surface area contributed by atoms with Crippen LogP contribution in [0.15, 0.2) is 35.1 Å². The van der Waals surface area contributed by atoms with Crippen LogP contribution in [0.2, 0.25) is 0 Å². The van der Waals surface area contributed by atoms with Crippen molar-refractivity contribution in [3.63, 3.8) is 0 Å². The summed E-state index contributed by atoms with van der Waals surface area (Å²) in [5.74, 6) is -1.67. The molecule has 1 aromatic carbocycles. The van der Waals surface area contributed by atoms with Crippen molar-refractivity contribution in [2.75, 3.05) is 6.54 Å². The van der Waals surface area contributed by atoms with Gasteiger partial charge in [-0.05, 0) is 25.8 Å². The minimum absolute atomic E-state index is 0.0361. The Morgan fingerprint density at radius 3 is 2.73 bits per heavy atom. The molecule has 0 fully saturated rings. The molecule has 2 rings (SSSR count). The second-order valence-corrected chi connectivity index (χ2v) is 5.20. The fourth-order valence-electron chi connectivity index (χ4n) is 2.19. The van der Waals surface area contributed by atoms with Crippen LogP contribution in [-0.4, -0.2) is 28.5 Å². The zero-order chi connectivity index (χ0) is 16.1. The van der Waals surface area contributed by atoms with E-state index in [-0.39, 0.29) is 12.2 Å². The van der Waals surface area contributed by atoms with Gasteiger partial charge in [0.15, 0.2) is 12.1 Å². The van der Waals surface area contributed by atoms with Crippen molar-refractivity contribution in [2.24, 2.45) is 5.92 Å². The number of oxazole rings is 1. The van der Waals surface area contributed by atoms with Gasteiger partial charge in [-0.2, -0.15) is 0 Å². The third kappa shape index (κ3) is 3.94. The molecule has 0 spiro atoms. The number of hydrogen-bond acceptors (Lipinski definition) is 4. The summed E-state index contributed by atoms with van der Waals surface area (Å²) in [7, 11) is 0. The maximum atomic E-state index is 11.9. The topological polar surface area (TPSA) is 92.4 Å². The molecule has 1 atom stereocenters. The summed E-state index contributed by atoms with van der Waals surface area (Å²) < 4.78 is 4.96. The number of amides is 1. The Morgan fingerprint density at radius 1 is 1.36 bits per heavy atom. The maximum absolute atomic E-state index is 11.9. The van der Waals surface area contributed by atoms with Gasteiger partial charge in [0.1, 0.15) is 5.76 Å². The molecule has 0 unspecified atom stereocenters. The first-order chi connectivity index (χ1) is 10.5. The van der Waals surface area contributed by atoms with Crippen LogP contribution in [0, 0.1) is 19.8 Å². The lowest BCUT2D eigenvalue weighted by Crippen LogP contribution is -2.34. The minimum atomic E-state index is -0.946. The molecule has 22 heavy (non-hydrogen) atoms. The van der Waals surface area contributed by atoms with E-state index in [0.29, 0.717) is 12.2 Å². The lowest BCUT2D eigenvalue weighted by molar-refractivity contribution is -0.141. The quantitative estimate of drug-likeness (QED) is 0.851. The lowest BCUT2D eigenvalue weighted by Gasteiger charge is -2.13. The highest BCUT2D eigenvalue weighted by Crippen LogP contribution is 2.11. The molecule has 6 heteroatoms. The molecule has 1 heterocycles. The van der Waals surface area contributed by atoms with Gasteiger partial charge in [0.2, 0.25) is 0 Å². The fraction of sp³-hybridized carbons (Fsp3) is 0.312. The average Bonchev–Trinajstić information content (AvgIpc) is 2.89. The molecule has 2 N–H and O–H groups in total. The van der Waals surface area contributed by atoms with Crippen LogP contribution >= 0.6 is 0 Å². The predicted molar refractivity (Wildman–Crippen MR) is 79.6 cm³/mol. The highest BCUT2D eigenvalue weighted by atomic mass is 16.4. The molecular formula is C16H18N2O4. The SMILES string of the molecule is Cc1cccc(C[C@@H](CNC(=O)c2ncoc2C)C(=O)O)c1. The highest BCUT2D eigenvalue weighted by molar-refractivity contribution is 5.93. The van der Waals surface area contributed by atoms with E-state index in [4.69, 9.17) is 4.42 Å². The van der Waals surface area contributed by atoms with Crippen molar-refractivity contribution in [1.29, 1.82) is 0 Å². The number of nitrogens with zero attached hydrogens (tertiary/aromatic N) is 1. The standard InChI is InChI=1S/C16H18N2O4/c1-10-4-3-5-12(6-10)7-13(16(20)21)8-17-15(19)14-11(2)22-9-18-14/h3-6,9,13H,7-8H2,1-2H3,(H,17,19)(H,20,21)/t13-/m0/s1. The van der Waals surface area contributed by atoms with Crippen molar-refractivity contribution in [1.82, 2.24) is 10.3 Å². The number of carboxylic acids is 1. The molecule has 0 bridgehead atoms. The van der Waals surface area contributed by atoms with E-state index in [1.807, 2.05) is 31.2 Å². The Morgan fingerprint density at radius 2 is 2.14 bits per heavy atom. The molecule has 0 radical (unpaired) electrons. The van der Waals surface area contributed by atoms with Crippen LogP contribution in [0.5, 0.6) is 0 Å². The van der Waals surface area contributed by atoms with Crippen molar-refractivity contribution >= 4 is 11.9 Å². The molecule has 0 aliphatic heterocycles. The second kappa shape index (κ2) is 6.89. The predicted octanol–water partition coefficient (Wildman–Crippen LogP) is 1.96. The number of nitrogens with one attached hydrogen (secondary N) is 1. The first kappa shape index (κ1) is 15.8. The Hall–Kier alpha value is -2.63. The van der Waals surface area contributed by atoms with Crippen LogP contribution in [-0.2, 0) is 11.2 Å². The summed E-state index contributed by atoms with van der Waals surface area (Å²) >= 11 is 0. The molecule has 0 aliphatic carbocycles. The van der Waals surface area contributed by atoms with Crippen molar-refractivity contribution in [3.8, 4) is 0 Å². The summed E-state index contributed by atoms with van der Waals surface area (Å²) in [6.07, 6.45) is 1.54. The summed E-state index contributed by atoms with van der Waals surface area (Å²) in [6.45, 7) is 3.62. The van der Waals surface area contributed by atoms with E-state index in [1.165, 1.54) is 6.39 Å². The average molecular weight is 302 g/mol. The van der Waals surface area contributed by atoms with E-state index in [1.54, 1.807) is 6.92 Å². The Labute approximate surface area is 128 Å². The summed E-state index contributed by atoms with van der Waals surface area (Å²) in [4.78, 5) is 27.1. The number of carbonyl (C=O) groups is 2. The molecule has 116 valence electrons. The molecule has 2 aromatic rings. The number of aryl methyl sites for hydroxylation is 2. The Bertz CT molecular complexity index is 678. The van der Waals surface area contributed by atoms with E-state index in [0.717, 1.165) is 11.1 Å². The molecule has 0 saturated carbocycles. The fourth-order valence-corrected chi connectivity index (χ4v) is 2.19. The van der Waals surface area contributed by atoms with Gasteiger partial charge in [-0.1, -0.05) is 29.8 Å². The third-order valence-corrected chi connectivity index (χ3v) is 3.38. The van der Waals surface area contributed by atoms with Crippen molar-refractivity contribution < 1.29 is 19.1 Å². The number of hydrogen-bond donors (Lipinski definition) is 2.